The van der Waals surface area contributed by atoms with Crippen LogP contribution in [0.25, 0.3) is 0 Å². The van der Waals surface area contributed by atoms with E-state index < -0.39 is 0 Å². The van der Waals surface area contributed by atoms with E-state index >= 15 is 0 Å². The predicted octanol–water partition coefficient (Wildman–Crippen LogP) is 4.31. The lowest BCUT2D eigenvalue weighted by Crippen LogP contribution is -2.24. The number of benzene rings is 2. The standard InChI is InChI=1S/C18H16Br2N2O3/c1-2-9-24-17-8-3-13(10-16(17)20)11-21-22-18(23)12-25-15-6-4-14(19)5-7-15/h2-8,10-11H,1,9,12H2,(H,22,23)/b21-11-. The van der Waals surface area contributed by atoms with Crippen LogP contribution >= 0.6 is 31.9 Å². The molecule has 1 amide bonds. The number of rotatable bonds is 8. The van der Waals surface area contributed by atoms with Crippen LogP contribution in [-0.2, 0) is 4.79 Å². The molecule has 0 bridgehead atoms. The fourth-order valence-corrected chi connectivity index (χ4v) is 2.53. The minimum atomic E-state index is -0.343. The molecule has 0 saturated heterocycles. The van der Waals surface area contributed by atoms with Crippen LogP contribution in [-0.4, -0.2) is 25.3 Å². The molecule has 7 heteroatoms. The molecule has 5 nitrogen and oxygen atoms in total. The van der Waals surface area contributed by atoms with Crippen molar-refractivity contribution in [3.8, 4) is 11.5 Å². The summed E-state index contributed by atoms with van der Waals surface area (Å²) in [5.74, 6) is 0.981. The summed E-state index contributed by atoms with van der Waals surface area (Å²) in [6, 6.07) is 12.7. The molecule has 0 heterocycles. The fraction of sp³-hybridized carbons (Fsp3) is 0.111. The van der Waals surface area contributed by atoms with E-state index in [9.17, 15) is 4.79 Å². The third-order valence-corrected chi connectivity index (χ3v) is 4.05. The SMILES string of the molecule is C=CCOc1ccc(/C=N\NC(=O)COc2ccc(Br)cc2)cc1Br. The summed E-state index contributed by atoms with van der Waals surface area (Å²) in [7, 11) is 0. The van der Waals surface area contributed by atoms with Crippen LogP contribution in [0.4, 0.5) is 0 Å². The van der Waals surface area contributed by atoms with Crippen molar-refractivity contribution < 1.29 is 14.3 Å². The Balaban J connectivity index is 1.81. The second-order valence-corrected chi connectivity index (χ2v) is 6.60. The van der Waals surface area contributed by atoms with Gasteiger partial charge < -0.3 is 9.47 Å². The summed E-state index contributed by atoms with van der Waals surface area (Å²) in [5, 5.41) is 3.91. The van der Waals surface area contributed by atoms with E-state index in [4.69, 9.17) is 9.47 Å². The van der Waals surface area contributed by atoms with Crippen LogP contribution in [0.5, 0.6) is 11.5 Å². The highest BCUT2D eigenvalue weighted by Crippen LogP contribution is 2.25. The topological polar surface area (TPSA) is 59.9 Å². The number of hydrazone groups is 1. The molecule has 0 aliphatic carbocycles. The third kappa shape index (κ3) is 6.72. The van der Waals surface area contributed by atoms with Crippen molar-refractivity contribution in [1.82, 2.24) is 5.43 Å². The van der Waals surface area contributed by atoms with E-state index in [0.717, 1.165) is 14.5 Å². The maximum absolute atomic E-state index is 11.7. The zero-order valence-corrected chi connectivity index (χ0v) is 16.4. The van der Waals surface area contributed by atoms with Gasteiger partial charge in [-0.3, -0.25) is 4.79 Å². The minimum Gasteiger partial charge on any atom is -0.488 e. The Morgan fingerprint density at radius 2 is 1.92 bits per heavy atom. The fourth-order valence-electron chi connectivity index (χ4n) is 1.75. The highest BCUT2D eigenvalue weighted by Gasteiger charge is 2.03. The maximum atomic E-state index is 11.7. The molecule has 0 radical (unpaired) electrons. The Morgan fingerprint density at radius 1 is 1.16 bits per heavy atom. The van der Waals surface area contributed by atoms with Gasteiger partial charge in [-0.15, -0.1) is 0 Å². The quantitative estimate of drug-likeness (QED) is 0.357. The molecule has 0 aliphatic rings. The van der Waals surface area contributed by atoms with E-state index in [2.05, 4.69) is 49.0 Å². The van der Waals surface area contributed by atoms with Crippen LogP contribution in [0.15, 0.2) is 69.2 Å². The average molecular weight is 468 g/mol. The molecule has 0 spiro atoms. The van der Waals surface area contributed by atoms with Gasteiger partial charge in [0.15, 0.2) is 6.61 Å². The molecule has 25 heavy (non-hydrogen) atoms. The first-order valence-electron chi connectivity index (χ1n) is 7.32. The summed E-state index contributed by atoms with van der Waals surface area (Å²) in [6.45, 7) is 3.92. The van der Waals surface area contributed by atoms with Gasteiger partial charge in [-0.1, -0.05) is 28.6 Å². The summed E-state index contributed by atoms with van der Waals surface area (Å²) >= 11 is 6.76. The maximum Gasteiger partial charge on any atom is 0.277 e. The van der Waals surface area contributed by atoms with Crippen molar-refractivity contribution in [2.45, 2.75) is 0 Å². The zero-order chi connectivity index (χ0) is 18.1. The van der Waals surface area contributed by atoms with Gasteiger partial charge in [0.1, 0.15) is 18.1 Å². The molecular formula is C18H16Br2N2O3. The molecule has 130 valence electrons. The summed E-state index contributed by atoms with van der Waals surface area (Å²) in [6.07, 6.45) is 3.22. The third-order valence-electron chi connectivity index (χ3n) is 2.90. The molecule has 0 atom stereocenters. The van der Waals surface area contributed by atoms with E-state index in [0.29, 0.717) is 18.1 Å². The number of carbonyl (C=O) groups is 1. The molecule has 2 aromatic carbocycles. The molecular weight excluding hydrogens is 452 g/mol. The molecule has 2 aromatic rings. The number of hydrogen-bond donors (Lipinski definition) is 1. The van der Waals surface area contributed by atoms with E-state index in [-0.39, 0.29) is 12.5 Å². The normalized spacial score (nSPS) is 10.5. The number of carbonyl (C=O) groups excluding carboxylic acids is 1. The van der Waals surface area contributed by atoms with E-state index in [1.54, 1.807) is 24.4 Å². The van der Waals surface area contributed by atoms with E-state index in [1.165, 1.54) is 0 Å². The van der Waals surface area contributed by atoms with Gasteiger partial charge in [0.2, 0.25) is 0 Å². The Labute approximate surface area is 163 Å². The van der Waals surface area contributed by atoms with Gasteiger partial charge in [0.05, 0.1) is 10.7 Å². The highest BCUT2D eigenvalue weighted by atomic mass is 79.9. The number of ether oxygens (including phenoxy) is 2. The Morgan fingerprint density at radius 3 is 2.60 bits per heavy atom. The first-order valence-corrected chi connectivity index (χ1v) is 8.90. The molecule has 0 aliphatic heterocycles. The molecule has 0 fully saturated rings. The molecule has 0 saturated carbocycles. The van der Waals surface area contributed by atoms with Crippen LogP contribution in [0.1, 0.15) is 5.56 Å². The summed E-state index contributed by atoms with van der Waals surface area (Å²) < 4.78 is 12.6. The second-order valence-electron chi connectivity index (χ2n) is 4.83. The van der Waals surface area contributed by atoms with E-state index in [1.807, 2.05) is 30.3 Å². The highest BCUT2D eigenvalue weighted by molar-refractivity contribution is 9.10. The lowest BCUT2D eigenvalue weighted by molar-refractivity contribution is -0.123. The van der Waals surface area contributed by atoms with Crippen molar-refractivity contribution >= 4 is 44.0 Å². The van der Waals surface area contributed by atoms with Gasteiger partial charge in [-0.05, 0) is 64.0 Å². The predicted molar refractivity (Wildman–Crippen MR) is 105 cm³/mol. The van der Waals surface area contributed by atoms with Crippen LogP contribution in [0, 0.1) is 0 Å². The van der Waals surface area contributed by atoms with Crippen molar-refractivity contribution in [3.63, 3.8) is 0 Å². The van der Waals surface area contributed by atoms with Crippen molar-refractivity contribution in [1.29, 1.82) is 0 Å². The van der Waals surface area contributed by atoms with Crippen molar-refractivity contribution in [2.24, 2.45) is 5.10 Å². The molecule has 0 unspecified atom stereocenters. The second kappa shape index (κ2) is 10.0. The van der Waals surface area contributed by atoms with Gasteiger partial charge in [-0.2, -0.15) is 5.10 Å². The first-order chi connectivity index (χ1) is 12.1. The number of halogens is 2. The Kier molecular flexibility index (Phi) is 7.69. The van der Waals surface area contributed by atoms with Gasteiger partial charge >= 0.3 is 0 Å². The zero-order valence-electron chi connectivity index (χ0n) is 13.2. The number of nitrogens with one attached hydrogen (secondary N) is 1. The van der Waals surface area contributed by atoms with Gasteiger partial charge in [-0.25, -0.2) is 5.43 Å². The van der Waals surface area contributed by atoms with Crippen molar-refractivity contribution in [3.05, 3.63) is 69.6 Å². The Hall–Kier alpha value is -2.12. The molecule has 2 rings (SSSR count). The van der Waals surface area contributed by atoms with Crippen LogP contribution in [0.3, 0.4) is 0 Å². The van der Waals surface area contributed by atoms with Gasteiger partial charge in [0.25, 0.3) is 5.91 Å². The molecule has 1 N–H and O–H groups in total. The lowest BCUT2D eigenvalue weighted by Gasteiger charge is -2.06. The van der Waals surface area contributed by atoms with Crippen molar-refractivity contribution in [2.75, 3.05) is 13.2 Å². The van der Waals surface area contributed by atoms with Gasteiger partial charge in [0, 0.05) is 4.47 Å². The van der Waals surface area contributed by atoms with Crippen LogP contribution in [0.2, 0.25) is 0 Å². The summed E-state index contributed by atoms with van der Waals surface area (Å²) in [5.41, 5.74) is 3.23. The monoisotopic (exact) mass is 466 g/mol. The number of nitrogens with zero attached hydrogens (tertiary/aromatic N) is 1. The number of hydrogen-bond acceptors (Lipinski definition) is 4. The first kappa shape index (κ1) is 19.2. The Bertz CT molecular complexity index is 761. The smallest absolute Gasteiger partial charge is 0.277 e. The summed E-state index contributed by atoms with van der Waals surface area (Å²) in [4.78, 5) is 11.7. The largest absolute Gasteiger partial charge is 0.488 e. The minimum absolute atomic E-state index is 0.114. The van der Waals surface area contributed by atoms with Crippen LogP contribution < -0.4 is 14.9 Å². The number of amides is 1. The average Bonchev–Trinajstić information content (AvgIpc) is 2.60. The molecule has 0 aromatic heterocycles. The lowest BCUT2D eigenvalue weighted by atomic mass is 10.2.